The van der Waals surface area contributed by atoms with Gasteiger partial charge in [0, 0.05) is 26.4 Å². The fraction of sp³-hybridized carbons (Fsp3) is 0.538. The molecule has 0 aliphatic rings. The van der Waals surface area contributed by atoms with Gasteiger partial charge in [0.05, 0.1) is 18.8 Å². The molecular weight excluding hydrogens is 355 g/mol. The van der Waals surface area contributed by atoms with Crippen molar-refractivity contribution < 1.29 is 4.74 Å². The standard InChI is InChI=1S/C13H22N4O.HI/c1-10-6-5-7-15-12(10)8-16-13(14-3)17-11(2)9-18-4;/h5-7,11H,8-9H2,1-4H3,(H2,14,16,17);1H. The minimum Gasteiger partial charge on any atom is -0.383 e. The zero-order chi connectivity index (χ0) is 13.4. The van der Waals surface area contributed by atoms with Crippen LogP contribution < -0.4 is 10.6 Å². The third-order valence-corrected chi connectivity index (χ3v) is 2.56. The van der Waals surface area contributed by atoms with E-state index in [2.05, 4.69) is 20.6 Å². The van der Waals surface area contributed by atoms with E-state index >= 15 is 0 Å². The molecule has 1 heterocycles. The van der Waals surface area contributed by atoms with E-state index < -0.39 is 0 Å². The van der Waals surface area contributed by atoms with Gasteiger partial charge in [-0.2, -0.15) is 0 Å². The topological polar surface area (TPSA) is 58.5 Å². The van der Waals surface area contributed by atoms with Crippen molar-refractivity contribution in [2.45, 2.75) is 26.4 Å². The smallest absolute Gasteiger partial charge is 0.191 e. The van der Waals surface area contributed by atoms with Gasteiger partial charge in [0.2, 0.25) is 0 Å². The van der Waals surface area contributed by atoms with Gasteiger partial charge in [0.15, 0.2) is 5.96 Å². The lowest BCUT2D eigenvalue weighted by molar-refractivity contribution is 0.179. The second-order valence-electron chi connectivity index (χ2n) is 4.19. The van der Waals surface area contributed by atoms with Crippen molar-refractivity contribution in [3.8, 4) is 0 Å². The molecule has 0 saturated heterocycles. The van der Waals surface area contributed by atoms with Crippen LogP contribution in [0.2, 0.25) is 0 Å². The number of nitrogens with one attached hydrogen (secondary N) is 2. The number of nitrogens with zero attached hydrogens (tertiary/aromatic N) is 2. The van der Waals surface area contributed by atoms with Crippen LogP contribution in [0.15, 0.2) is 23.3 Å². The molecule has 0 aliphatic heterocycles. The zero-order valence-corrected chi connectivity index (χ0v) is 14.3. The van der Waals surface area contributed by atoms with E-state index in [-0.39, 0.29) is 30.0 Å². The van der Waals surface area contributed by atoms with Gasteiger partial charge in [-0.05, 0) is 25.5 Å². The number of aromatic nitrogens is 1. The van der Waals surface area contributed by atoms with Gasteiger partial charge in [-0.25, -0.2) is 0 Å². The van der Waals surface area contributed by atoms with E-state index in [1.54, 1.807) is 20.4 Å². The number of aliphatic imine (C=N–C) groups is 1. The Hall–Kier alpha value is -0.890. The van der Waals surface area contributed by atoms with Crippen LogP contribution in [0.3, 0.4) is 0 Å². The van der Waals surface area contributed by atoms with Gasteiger partial charge < -0.3 is 15.4 Å². The Morgan fingerprint density at radius 2 is 2.26 bits per heavy atom. The summed E-state index contributed by atoms with van der Waals surface area (Å²) in [5.41, 5.74) is 2.20. The van der Waals surface area contributed by atoms with Crippen LogP contribution in [0.1, 0.15) is 18.2 Å². The van der Waals surface area contributed by atoms with Gasteiger partial charge in [-0.15, -0.1) is 24.0 Å². The number of hydrogen-bond donors (Lipinski definition) is 2. The Kier molecular flexibility index (Phi) is 9.50. The van der Waals surface area contributed by atoms with Crippen molar-refractivity contribution in [1.82, 2.24) is 15.6 Å². The van der Waals surface area contributed by atoms with Crippen molar-refractivity contribution in [3.05, 3.63) is 29.6 Å². The maximum atomic E-state index is 5.07. The average Bonchev–Trinajstić information content (AvgIpc) is 2.36. The third kappa shape index (κ3) is 6.72. The van der Waals surface area contributed by atoms with Crippen LogP contribution in [-0.2, 0) is 11.3 Å². The number of ether oxygens (including phenoxy) is 1. The van der Waals surface area contributed by atoms with Crippen molar-refractivity contribution in [2.24, 2.45) is 4.99 Å². The van der Waals surface area contributed by atoms with Gasteiger partial charge >= 0.3 is 0 Å². The number of halogens is 1. The lowest BCUT2D eigenvalue weighted by Crippen LogP contribution is -2.43. The van der Waals surface area contributed by atoms with Gasteiger partial charge in [-0.1, -0.05) is 6.07 Å². The molecule has 0 bridgehead atoms. The summed E-state index contributed by atoms with van der Waals surface area (Å²) in [5.74, 6) is 0.754. The molecule has 2 N–H and O–H groups in total. The zero-order valence-electron chi connectivity index (χ0n) is 11.9. The van der Waals surface area contributed by atoms with Crippen molar-refractivity contribution in [1.29, 1.82) is 0 Å². The summed E-state index contributed by atoms with van der Waals surface area (Å²) in [6, 6.07) is 4.20. The minimum atomic E-state index is 0. The SMILES string of the molecule is CN=C(NCc1ncccc1C)NC(C)COC.I. The first-order valence-corrected chi connectivity index (χ1v) is 6.04. The third-order valence-electron chi connectivity index (χ3n) is 2.56. The average molecular weight is 378 g/mol. The summed E-state index contributed by atoms with van der Waals surface area (Å²) < 4.78 is 5.07. The predicted molar refractivity (Wildman–Crippen MR) is 89.1 cm³/mol. The Balaban J connectivity index is 0.00000324. The maximum Gasteiger partial charge on any atom is 0.191 e. The van der Waals surface area contributed by atoms with E-state index in [9.17, 15) is 0 Å². The molecule has 19 heavy (non-hydrogen) atoms. The first kappa shape index (κ1) is 18.1. The molecule has 0 amide bonds. The summed E-state index contributed by atoms with van der Waals surface area (Å²) in [6.45, 7) is 5.39. The van der Waals surface area contributed by atoms with Crippen LogP contribution in [0.5, 0.6) is 0 Å². The van der Waals surface area contributed by atoms with Gasteiger partial charge in [0.1, 0.15) is 0 Å². The number of aryl methyl sites for hydroxylation is 1. The number of pyridine rings is 1. The number of methoxy groups -OCH3 is 1. The van der Waals surface area contributed by atoms with Crippen LogP contribution in [-0.4, -0.2) is 37.7 Å². The summed E-state index contributed by atoms with van der Waals surface area (Å²) in [7, 11) is 3.44. The normalized spacial score (nSPS) is 12.5. The van der Waals surface area contributed by atoms with Gasteiger partial charge in [-0.3, -0.25) is 9.98 Å². The highest BCUT2D eigenvalue weighted by Gasteiger charge is 2.05. The first-order chi connectivity index (χ1) is 8.67. The quantitative estimate of drug-likeness (QED) is 0.465. The fourth-order valence-corrected chi connectivity index (χ4v) is 1.59. The van der Waals surface area contributed by atoms with Crippen molar-refractivity contribution >= 4 is 29.9 Å². The fourth-order valence-electron chi connectivity index (χ4n) is 1.59. The summed E-state index contributed by atoms with van der Waals surface area (Å²) in [6.07, 6.45) is 1.80. The second-order valence-corrected chi connectivity index (χ2v) is 4.19. The Morgan fingerprint density at radius 3 is 2.84 bits per heavy atom. The maximum absolute atomic E-state index is 5.07. The largest absolute Gasteiger partial charge is 0.383 e. The summed E-state index contributed by atoms with van der Waals surface area (Å²) in [5, 5.41) is 6.48. The Bertz CT molecular complexity index is 398. The Morgan fingerprint density at radius 1 is 1.53 bits per heavy atom. The molecule has 6 heteroatoms. The van der Waals surface area contributed by atoms with Gasteiger partial charge in [0.25, 0.3) is 0 Å². The minimum absolute atomic E-state index is 0. The second kappa shape index (κ2) is 9.96. The lowest BCUT2D eigenvalue weighted by atomic mass is 10.2. The number of hydrogen-bond acceptors (Lipinski definition) is 3. The highest BCUT2D eigenvalue weighted by molar-refractivity contribution is 14.0. The number of guanidine groups is 1. The molecule has 0 fully saturated rings. The van der Waals surface area contributed by atoms with Crippen LogP contribution in [0, 0.1) is 6.92 Å². The summed E-state index contributed by atoms with van der Waals surface area (Å²) in [4.78, 5) is 8.50. The number of rotatable bonds is 5. The molecule has 0 spiro atoms. The molecule has 1 atom stereocenters. The van der Waals surface area contributed by atoms with Crippen LogP contribution >= 0.6 is 24.0 Å². The predicted octanol–water partition coefficient (Wildman–Crippen LogP) is 1.71. The van der Waals surface area contributed by atoms with Crippen molar-refractivity contribution in [3.63, 3.8) is 0 Å². The molecule has 1 rings (SSSR count). The molecule has 0 radical (unpaired) electrons. The monoisotopic (exact) mass is 378 g/mol. The molecule has 0 aromatic carbocycles. The molecule has 1 unspecified atom stereocenters. The molecule has 5 nitrogen and oxygen atoms in total. The highest BCUT2D eigenvalue weighted by atomic mass is 127. The molecule has 1 aromatic rings. The van der Waals surface area contributed by atoms with E-state index in [0.717, 1.165) is 11.7 Å². The molecule has 0 saturated carbocycles. The lowest BCUT2D eigenvalue weighted by Gasteiger charge is -2.17. The summed E-state index contributed by atoms with van der Waals surface area (Å²) >= 11 is 0. The van der Waals surface area contributed by atoms with E-state index in [0.29, 0.717) is 13.2 Å². The highest BCUT2D eigenvalue weighted by Crippen LogP contribution is 2.01. The van der Waals surface area contributed by atoms with Crippen LogP contribution in [0.25, 0.3) is 0 Å². The molecular formula is C13H23IN4O. The van der Waals surface area contributed by atoms with Crippen LogP contribution in [0.4, 0.5) is 0 Å². The molecule has 1 aromatic heterocycles. The molecule has 0 aliphatic carbocycles. The molecule has 108 valence electrons. The Labute approximate surface area is 132 Å². The van der Waals surface area contributed by atoms with E-state index in [4.69, 9.17) is 4.74 Å². The first-order valence-electron chi connectivity index (χ1n) is 6.04. The van der Waals surface area contributed by atoms with Crippen molar-refractivity contribution in [2.75, 3.05) is 20.8 Å². The van der Waals surface area contributed by atoms with E-state index in [1.165, 1.54) is 5.56 Å². The van der Waals surface area contributed by atoms with E-state index in [1.807, 2.05) is 26.0 Å².